The molecule has 0 unspecified atom stereocenters. The summed E-state index contributed by atoms with van der Waals surface area (Å²) in [7, 11) is 0. The van der Waals surface area contributed by atoms with E-state index in [1.807, 2.05) is 0 Å². The molecule has 1 aromatic carbocycles. The summed E-state index contributed by atoms with van der Waals surface area (Å²) in [6.07, 6.45) is 6.31. The summed E-state index contributed by atoms with van der Waals surface area (Å²) in [6, 6.07) is 6.82. The summed E-state index contributed by atoms with van der Waals surface area (Å²) < 4.78 is 29.6. The van der Waals surface area contributed by atoms with E-state index in [2.05, 4.69) is 10.1 Å². The first-order valence-corrected chi connectivity index (χ1v) is 7.79. The van der Waals surface area contributed by atoms with Crippen molar-refractivity contribution in [2.45, 2.75) is 35.5 Å². The second-order valence-electron chi connectivity index (χ2n) is 5.25. The van der Waals surface area contributed by atoms with Gasteiger partial charge in [0.05, 0.1) is 5.54 Å². The number of nitrogens with zero attached hydrogens (tertiary/aromatic N) is 2. The van der Waals surface area contributed by atoms with Crippen molar-refractivity contribution in [1.29, 1.82) is 0 Å². The third kappa shape index (κ3) is 4.31. The highest BCUT2D eigenvalue weighted by atomic mass is 35.5. The molecule has 1 aliphatic rings. The number of nitrogens with two attached hydrogens (primary N) is 1. The number of hydrogen-bond acceptors (Lipinski definition) is 5. The first-order valence-electron chi connectivity index (χ1n) is 6.91. The molecule has 8 heteroatoms. The van der Waals surface area contributed by atoms with Crippen LogP contribution in [0.25, 0.3) is 12.2 Å². The third-order valence-corrected chi connectivity index (χ3v) is 4.38. The Labute approximate surface area is 142 Å². The molecule has 0 aliphatic heterocycles. The minimum absolute atomic E-state index is 0. The van der Waals surface area contributed by atoms with E-state index >= 15 is 0 Å². The van der Waals surface area contributed by atoms with Crippen LogP contribution in [0.4, 0.5) is 8.78 Å². The fraction of sp³-hybridized carbons (Fsp3) is 0.333. The molecule has 4 nitrogen and oxygen atoms in total. The predicted molar refractivity (Wildman–Crippen MR) is 88.5 cm³/mol. The average molecular weight is 360 g/mol. The molecule has 0 atom stereocenters. The zero-order valence-electron chi connectivity index (χ0n) is 12.1. The smallest absolute Gasteiger partial charge is 0.288 e. The predicted octanol–water partition coefficient (Wildman–Crippen LogP) is 4.31. The van der Waals surface area contributed by atoms with Crippen LogP contribution in [0.2, 0.25) is 0 Å². The summed E-state index contributed by atoms with van der Waals surface area (Å²) in [4.78, 5) is 4.81. The number of hydrogen-bond donors (Lipinski definition) is 1. The molecule has 1 fully saturated rings. The van der Waals surface area contributed by atoms with Crippen molar-refractivity contribution in [2.24, 2.45) is 5.73 Å². The van der Waals surface area contributed by atoms with Crippen LogP contribution in [0.5, 0.6) is 0 Å². The highest BCUT2D eigenvalue weighted by Gasteiger charge is 2.38. The van der Waals surface area contributed by atoms with E-state index in [4.69, 9.17) is 10.3 Å². The molecule has 0 radical (unpaired) electrons. The molecule has 0 saturated heterocycles. The van der Waals surface area contributed by atoms with Crippen molar-refractivity contribution >= 4 is 36.3 Å². The van der Waals surface area contributed by atoms with Gasteiger partial charge in [-0.05, 0) is 43.0 Å². The number of benzene rings is 1. The van der Waals surface area contributed by atoms with E-state index in [0.29, 0.717) is 28.4 Å². The molecule has 1 heterocycles. The average Bonchev–Trinajstić information content (AvgIpc) is 2.93. The van der Waals surface area contributed by atoms with E-state index in [0.717, 1.165) is 24.8 Å². The number of rotatable bonds is 5. The quantitative estimate of drug-likeness (QED) is 0.805. The van der Waals surface area contributed by atoms with E-state index < -0.39 is 11.3 Å². The van der Waals surface area contributed by atoms with Gasteiger partial charge in [0.25, 0.3) is 11.6 Å². The van der Waals surface area contributed by atoms with E-state index in [1.54, 1.807) is 36.4 Å². The monoisotopic (exact) mass is 359 g/mol. The second-order valence-corrected chi connectivity index (χ2v) is 6.31. The van der Waals surface area contributed by atoms with Gasteiger partial charge in [-0.25, -0.2) is 0 Å². The SMILES string of the molecule is Cl.NC1(c2noc(/C=C/c3ccc(SC(F)F)cc3)n2)CCC1. The van der Waals surface area contributed by atoms with Crippen LogP contribution in [-0.4, -0.2) is 15.9 Å². The fourth-order valence-corrected chi connectivity index (χ4v) is 2.71. The Bertz CT molecular complexity index is 672. The van der Waals surface area contributed by atoms with Crippen LogP contribution < -0.4 is 5.73 Å². The van der Waals surface area contributed by atoms with Gasteiger partial charge in [-0.3, -0.25) is 0 Å². The highest BCUT2D eigenvalue weighted by molar-refractivity contribution is 7.99. The zero-order chi connectivity index (χ0) is 15.6. The largest absolute Gasteiger partial charge is 0.335 e. The molecular formula is C15H16ClF2N3OS. The van der Waals surface area contributed by atoms with E-state index in [-0.39, 0.29) is 12.4 Å². The molecule has 0 bridgehead atoms. The summed E-state index contributed by atoms with van der Waals surface area (Å²) in [5.74, 6) is -1.48. The molecule has 3 rings (SSSR count). The lowest BCUT2D eigenvalue weighted by molar-refractivity contribution is 0.229. The van der Waals surface area contributed by atoms with Crippen LogP contribution >= 0.6 is 24.2 Å². The molecule has 23 heavy (non-hydrogen) atoms. The lowest BCUT2D eigenvalue weighted by atomic mass is 9.77. The maximum atomic E-state index is 12.2. The summed E-state index contributed by atoms with van der Waals surface area (Å²) in [5, 5.41) is 3.92. The maximum Gasteiger partial charge on any atom is 0.288 e. The number of alkyl halides is 2. The van der Waals surface area contributed by atoms with Gasteiger partial charge in [-0.2, -0.15) is 13.8 Å². The number of aromatic nitrogens is 2. The van der Waals surface area contributed by atoms with Crippen molar-refractivity contribution in [3.05, 3.63) is 41.5 Å². The lowest BCUT2D eigenvalue weighted by Gasteiger charge is -2.34. The zero-order valence-corrected chi connectivity index (χ0v) is 13.7. The Balaban J connectivity index is 0.00000192. The Morgan fingerprint density at radius 1 is 1.22 bits per heavy atom. The third-order valence-electron chi connectivity index (χ3n) is 3.66. The molecule has 1 aromatic heterocycles. The fourth-order valence-electron chi connectivity index (χ4n) is 2.21. The van der Waals surface area contributed by atoms with Gasteiger partial charge in [-0.1, -0.05) is 29.1 Å². The molecular weight excluding hydrogens is 344 g/mol. The van der Waals surface area contributed by atoms with E-state index in [1.165, 1.54) is 0 Å². The molecule has 1 aliphatic carbocycles. The van der Waals surface area contributed by atoms with Crippen LogP contribution in [0, 0.1) is 0 Å². The van der Waals surface area contributed by atoms with Crippen molar-refractivity contribution < 1.29 is 13.3 Å². The van der Waals surface area contributed by atoms with Crippen LogP contribution in [0.1, 0.15) is 36.5 Å². The Hall–Kier alpha value is -1.44. The van der Waals surface area contributed by atoms with Crippen molar-refractivity contribution in [3.8, 4) is 0 Å². The van der Waals surface area contributed by atoms with Gasteiger partial charge in [-0.15, -0.1) is 12.4 Å². The standard InChI is InChI=1S/C15H15F2N3OS.ClH/c16-14(17)22-11-5-2-10(3-6-11)4-7-12-19-13(20-21-12)15(18)8-1-9-15;/h2-7,14H,1,8-9,18H2;1H/b7-4+;. The Morgan fingerprint density at radius 2 is 1.91 bits per heavy atom. The summed E-state index contributed by atoms with van der Waals surface area (Å²) in [6.45, 7) is 0. The lowest BCUT2D eigenvalue weighted by Crippen LogP contribution is -2.44. The van der Waals surface area contributed by atoms with Gasteiger partial charge in [0.1, 0.15) is 0 Å². The second kappa shape index (κ2) is 7.42. The van der Waals surface area contributed by atoms with Crippen molar-refractivity contribution in [1.82, 2.24) is 10.1 Å². The minimum atomic E-state index is -2.41. The number of halogens is 3. The van der Waals surface area contributed by atoms with Gasteiger partial charge in [0.15, 0.2) is 5.82 Å². The molecule has 1 saturated carbocycles. The molecule has 0 spiro atoms. The topological polar surface area (TPSA) is 64.9 Å². The van der Waals surface area contributed by atoms with Gasteiger partial charge in [0.2, 0.25) is 0 Å². The van der Waals surface area contributed by atoms with Crippen molar-refractivity contribution in [2.75, 3.05) is 0 Å². The minimum Gasteiger partial charge on any atom is -0.335 e. The first-order chi connectivity index (χ1) is 10.5. The van der Waals surface area contributed by atoms with Gasteiger partial charge < -0.3 is 10.3 Å². The van der Waals surface area contributed by atoms with Crippen LogP contribution in [0.15, 0.2) is 33.7 Å². The number of thioether (sulfide) groups is 1. The summed E-state index contributed by atoms with van der Waals surface area (Å²) in [5.41, 5.74) is 6.55. The van der Waals surface area contributed by atoms with Crippen molar-refractivity contribution in [3.63, 3.8) is 0 Å². The molecule has 0 amide bonds. The Morgan fingerprint density at radius 3 is 2.48 bits per heavy atom. The van der Waals surface area contributed by atoms with E-state index in [9.17, 15) is 8.78 Å². The summed E-state index contributed by atoms with van der Waals surface area (Å²) >= 11 is 0.524. The van der Waals surface area contributed by atoms with Crippen LogP contribution in [-0.2, 0) is 5.54 Å². The normalized spacial score (nSPS) is 16.3. The molecule has 124 valence electrons. The molecule has 2 N–H and O–H groups in total. The maximum absolute atomic E-state index is 12.2. The molecule has 2 aromatic rings. The first kappa shape index (κ1) is 17.9. The van der Waals surface area contributed by atoms with Crippen LogP contribution in [0.3, 0.4) is 0 Å². The van der Waals surface area contributed by atoms with Gasteiger partial charge >= 0.3 is 0 Å². The highest BCUT2D eigenvalue weighted by Crippen LogP contribution is 2.36. The Kier molecular flexibility index (Phi) is 5.78. The van der Waals surface area contributed by atoms with Gasteiger partial charge in [0, 0.05) is 11.0 Å².